The number of thiophene rings is 1. The Bertz CT molecular complexity index is 2190. The third-order valence-corrected chi connectivity index (χ3v) is 8.50. The molecular weight excluding hydrogens is 763 g/mol. The lowest BCUT2D eigenvalue weighted by Crippen LogP contribution is -2.33. The molecule has 3 aromatic heterocycles. The van der Waals surface area contributed by atoms with Crippen molar-refractivity contribution < 1.29 is 59.7 Å². The van der Waals surface area contributed by atoms with E-state index in [9.17, 15) is 45.1 Å². The molecule has 0 spiro atoms. The highest BCUT2D eigenvalue weighted by atomic mass is 32.1. The average molecular weight is 792 g/mol. The van der Waals surface area contributed by atoms with Gasteiger partial charge in [0, 0.05) is 29.1 Å². The van der Waals surface area contributed by atoms with Gasteiger partial charge in [0.25, 0.3) is 0 Å². The number of aromatic nitrogens is 3. The fraction of sp³-hybridized carbons (Fsp3) is 0.222. The number of nitrogens with two attached hydrogens (primary N) is 1. The third kappa shape index (κ3) is 11.4. The minimum Gasteiger partial charge on any atom is -0.493 e. The molecule has 0 radical (unpaired) electrons. The van der Waals surface area contributed by atoms with Crippen molar-refractivity contribution in [3.63, 3.8) is 0 Å². The zero-order valence-corrected chi connectivity index (χ0v) is 29.4. The van der Waals surface area contributed by atoms with Crippen molar-refractivity contribution in [2.75, 3.05) is 31.4 Å². The molecule has 3 N–H and O–H groups in total. The van der Waals surface area contributed by atoms with Crippen molar-refractivity contribution in [3.8, 4) is 23.3 Å². The van der Waals surface area contributed by atoms with Crippen molar-refractivity contribution in [1.29, 1.82) is 0 Å². The molecule has 5 rings (SSSR count). The van der Waals surface area contributed by atoms with Crippen LogP contribution in [-0.4, -0.2) is 58.7 Å². The summed E-state index contributed by atoms with van der Waals surface area (Å²) in [6.07, 6.45) is -11.2. The Kier molecular flexibility index (Phi) is 13.3. The second-order valence-electron chi connectivity index (χ2n) is 11.2. The standard InChI is InChI=1S/C22H14F7N5O.C14H14O5S/c23-14-3-6-16(7-4-14)34(9-1-2-15-5-8-19(30)33-32-15)20(35)11-18-17(22(27,28)29)10-13(12-31-18)21(24,25)26;1-18-10-5-8-6-13(9(15)3-4-14(16)17)20-12(8)7-11(10)19-2/h3-8,10,12H,9,11H2,(H2,30,33);5-7H,3-4H2,1-2H3,(H,16,17). The molecular formula is C36H28F7N5O6S. The molecule has 0 aliphatic heterocycles. The van der Waals surface area contributed by atoms with E-state index in [1.54, 1.807) is 26.4 Å². The normalized spacial score (nSPS) is 11.1. The fourth-order valence-corrected chi connectivity index (χ4v) is 5.72. The number of carboxylic acid groups (broad SMARTS) is 1. The van der Waals surface area contributed by atoms with E-state index in [1.165, 1.54) is 35.6 Å². The number of pyridine rings is 1. The van der Waals surface area contributed by atoms with Gasteiger partial charge in [-0.3, -0.25) is 19.4 Å². The Morgan fingerprint density at radius 2 is 1.56 bits per heavy atom. The molecule has 3 heterocycles. The largest absolute Gasteiger partial charge is 0.493 e. The minimum absolute atomic E-state index is 0.0103. The molecule has 0 aliphatic carbocycles. The van der Waals surface area contributed by atoms with E-state index in [0.29, 0.717) is 16.4 Å². The van der Waals surface area contributed by atoms with Crippen LogP contribution in [0.15, 0.2) is 66.9 Å². The number of methoxy groups -OCH3 is 2. The first-order valence-electron chi connectivity index (χ1n) is 15.6. The van der Waals surface area contributed by atoms with Gasteiger partial charge in [-0.25, -0.2) is 4.39 Å². The van der Waals surface area contributed by atoms with E-state index >= 15 is 0 Å². The predicted molar refractivity (Wildman–Crippen MR) is 186 cm³/mol. The lowest BCUT2D eigenvalue weighted by Gasteiger charge is -2.21. The second kappa shape index (κ2) is 17.7. The molecule has 5 aromatic rings. The lowest BCUT2D eigenvalue weighted by molar-refractivity contribution is -0.144. The molecule has 11 nitrogen and oxygen atoms in total. The van der Waals surface area contributed by atoms with Gasteiger partial charge in [-0.1, -0.05) is 5.92 Å². The van der Waals surface area contributed by atoms with Crippen molar-refractivity contribution in [2.45, 2.75) is 31.6 Å². The van der Waals surface area contributed by atoms with E-state index in [0.717, 1.165) is 27.1 Å². The van der Waals surface area contributed by atoms with Gasteiger partial charge in [0.15, 0.2) is 17.3 Å². The SMILES string of the molecule is COc1cc2cc(C(=O)CCC(=O)O)sc2cc1OC.Nc1ccc(C#CCN(C(=O)Cc2ncc(C(F)(F)F)cc2C(F)(F)F)c2ccc(F)cc2)nn1. The van der Waals surface area contributed by atoms with E-state index in [4.69, 9.17) is 20.3 Å². The summed E-state index contributed by atoms with van der Waals surface area (Å²) in [5, 5.41) is 16.8. The van der Waals surface area contributed by atoms with Crippen LogP contribution in [0.2, 0.25) is 0 Å². The van der Waals surface area contributed by atoms with Gasteiger partial charge in [0.1, 0.15) is 17.3 Å². The van der Waals surface area contributed by atoms with Gasteiger partial charge in [0.05, 0.1) is 55.3 Å². The van der Waals surface area contributed by atoms with Gasteiger partial charge in [-0.05, 0) is 65.9 Å². The summed E-state index contributed by atoms with van der Waals surface area (Å²) in [5.74, 6) is 3.81. The summed E-state index contributed by atoms with van der Waals surface area (Å²) in [6, 6.07) is 12.6. The topological polar surface area (TPSA) is 158 Å². The number of nitrogens with zero attached hydrogens (tertiary/aromatic N) is 4. The number of nitrogen functional groups attached to an aromatic ring is 1. The monoisotopic (exact) mass is 791 g/mol. The summed E-state index contributed by atoms with van der Waals surface area (Å²) in [7, 11) is 3.10. The number of alkyl halides is 6. The number of halogens is 7. The maximum absolute atomic E-state index is 13.4. The molecule has 0 bridgehead atoms. The number of carbonyl (C=O) groups excluding carboxylic acids is 2. The zero-order valence-electron chi connectivity index (χ0n) is 28.6. The van der Waals surface area contributed by atoms with Gasteiger partial charge in [-0.15, -0.1) is 21.5 Å². The smallest absolute Gasteiger partial charge is 0.418 e. The quantitative estimate of drug-likeness (QED) is 0.0841. The summed E-state index contributed by atoms with van der Waals surface area (Å²) in [6.45, 7) is -0.363. The number of carbonyl (C=O) groups is 3. The number of aliphatic carboxylic acids is 1. The fourth-order valence-electron chi connectivity index (χ4n) is 4.68. The number of hydrogen-bond donors (Lipinski definition) is 2. The van der Waals surface area contributed by atoms with Crippen LogP contribution >= 0.6 is 11.3 Å². The highest BCUT2D eigenvalue weighted by Gasteiger charge is 2.39. The second-order valence-corrected chi connectivity index (χ2v) is 12.2. The van der Waals surface area contributed by atoms with Crippen LogP contribution in [0.1, 0.15) is 45.0 Å². The summed E-state index contributed by atoms with van der Waals surface area (Å²) in [5.41, 5.74) is 1.51. The Hall–Kier alpha value is -6.29. The number of amides is 1. The van der Waals surface area contributed by atoms with Crippen molar-refractivity contribution in [2.24, 2.45) is 0 Å². The molecule has 0 saturated carbocycles. The number of fused-ring (bicyclic) bond motifs is 1. The number of hydrogen-bond acceptors (Lipinski definition) is 10. The molecule has 0 saturated heterocycles. The molecule has 1 amide bonds. The molecule has 0 atom stereocenters. The highest BCUT2D eigenvalue weighted by Crippen LogP contribution is 2.38. The molecule has 55 heavy (non-hydrogen) atoms. The summed E-state index contributed by atoms with van der Waals surface area (Å²) < 4.78 is 104. The van der Waals surface area contributed by atoms with Crippen molar-refractivity contribution in [3.05, 3.63) is 100 Å². The number of benzene rings is 2. The number of ketones is 1. The number of carboxylic acids is 1. The van der Waals surface area contributed by atoms with Crippen LogP contribution in [-0.2, 0) is 28.4 Å². The van der Waals surface area contributed by atoms with Crippen LogP contribution in [0.3, 0.4) is 0 Å². The summed E-state index contributed by atoms with van der Waals surface area (Å²) >= 11 is 1.33. The Morgan fingerprint density at radius 3 is 2.15 bits per heavy atom. The zero-order chi connectivity index (χ0) is 40.5. The molecule has 0 unspecified atom stereocenters. The molecule has 19 heteroatoms. The van der Waals surface area contributed by atoms with Gasteiger partial charge < -0.3 is 25.2 Å². The first-order valence-corrected chi connectivity index (χ1v) is 16.4. The molecule has 288 valence electrons. The van der Waals surface area contributed by atoms with Crippen molar-refractivity contribution >= 4 is 50.6 Å². The van der Waals surface area contributed by atoms with E-state index in [1.807, 2.05) is 6.07 Å². The average Bonchev–Trinajstić information content (AvgIpc) is 3.55. The van der Waals surface area contributed by atoms with Gasteiger partial charge >= 0.3 is 18.3 Å². The highest BCUT2D eigenvalue weighted by molar-refractivity contribution is 7.20. The lowest BCUT2D eigenvalue weighted by atomic mass is 10.1. The Balaban J connectivity index is 0.000000284. The minimum atomic E-state index is -5.20. The number of Topliss-reactive ketones (excluding diaryl/α,β-unsaturated/α-hetero) is 1. The van der Waals surface area contributed by atoms with Crippen LogP contribution < -0.4 is 20.1 Å². The van der Waals surface area contributed by atoms with Crippen LogP contribution in [0, 0.1) is 17.7 Å². The van der Waals surface area contributed by atoms with E-state index in [2.05, 4.69) is 27.0 Å². The Morgan fingerprint density at radius 1 is 0.891 bits per heavy atom. The number of ether oxygens (including phenoxy) is 2. The number of anilines is 2. The van der Waals surface area contributed by atoms with Gasteiger partial charge in [0.2, 0.25) is 5.91 Å². The molecule has 0 aliphatic rings. The van der Waals surface area contributed by atoms with E-state index in [-0.39, 0.29) is 54.6 Å². The summed E-state index contributed by atoms with van der Waals surface area (Å²) in [4.78, 5) is 40.1. The first kappa shape index (κ1) is 41.5. The van der Waals surface area contributed by atoms with Crippen LogP contribution in [0.4, 0.5) is 42.2 Å². The number of rotatable bonds is 10. The van der Waals surface area contributed by atoms with Crippen LogP contribution in [0.25, 0.3) is 10.1 Å². The van der Waals surface area contributed by atoms with E-state index < -0.39 is 53.3 Å². The predicted octanol–water partition coefficient (Wildman–Crippen LogP) is 7.22. The first-order chi connectivity index (χ1) is 25.9. The molecule has 2 aromatic carbocycles. The molecule has 0 fully saturated rings. The third-order valence-electron chi connectivity index (χ3n) is 7.36. The van der Waals surface area contributed by atoms with Gasteiger partial charge in [-0.2, -0.15) is 26.3 Å². The Labute approximate surface area is 311 Å². The maximum Gasteiger partial charge on any atom is 0.418 e. The van der Waals surface area contributed by atoms with Crippen LogP contribution in [0.5, 0.6) is 11.5 Å². The maximum atomic E-state index is 13.4. The van der Waals surface area contributed by atoms with Crippen molar-refractivity contribution in [1.82, 2.24) is 15.2 Å².